The summed E-state index contributed by atoms with van der Waals surface area (Å²) in [6.07, 6.45) is 0. The molecule has 0 saturated heterocycles. The number of nitrogens with two attached hydrogens (primary N) is 1. The van der Waals surface area contributed by atoms with Gasteiger partial charge in [0.1, 0.15) is 0 Å². The van der Waals surface area contributed by atoms with E-state index >= 15 is 0 Å². The maximum Gasteiger partial charge on any atom is 0.338 e. The minimum Gasteiger partial charge on any atom is -0.462 e. The number of nitrogens with one attached hydrogen (secondary N) is 1. The fraction of sp³-hybridized carbons (Fsp3) is 0.133. The summed E-state index contributed by atoms with van der Waals surface area (Å²) in [5.41, 5.74) is 8.77. The first kappa shape index (κ1) is 14.4. The first-order valence-corrected chi connectivity index (χ1v) is 6.98. The molecule has 5 heteroatoms. The maximum absolute atomic E-state index is 11.5. The number of carbonyl (C=O) groups is 1. The summed E-state index contributed by atoms with van der Waals surface area (Å²) in [5, 5.41) is 3.20. The summed E-state index contributed by atoms with van der Waals surface area (Å²) in [7, 11) is 0. The first-order valence-electron chi connectivity index (χ1n) is 6.19. The molecule has 2 aromatic carbocycles. The topological polar surface area (TPSA) is 64.3 Å². The molecule has 0 amide bonds. The van der Waals surface area contributed by atoms with Crippen LogP contribution in [0.25, 0.3) is 0 Å². The second-order valence-corrected chi connectivity index (χ2v) is 5.07. The van der Waals surface area contributed by atoms with Gasteiger partial charge in [-0.15, -0.1) is 0 Å². The van der Waals surface area contributed by atoms with Gasteiger partial charge in [-0.05, 0) is 49.4 Å². The number of rotatable bonds is 4. The normalized spacial score (nSPS) is 10.1. The second-order valence-electron chi connectivity index (χ2n) is 4.15. The average Bonchev–Trinajstić information content (AvgIpc) is 2.43. The second kappa shape index (κ2) is 6.43. The predicted octanol–water partition coefficient (Wildman–Crippen LogP) is 3.95. The van der Waals surface area contributed by atoms with Crippen molar-refractivity contribution >= 4 is 39.0 Å². The maximum atomic E-state index is 11.5. The van der Waals surface area contributed by atoms with Crippen molar-refractivity contribution in [1.82, 2.24) is 0 Å². The lowest BCUT2D eigenvalue weighted by molar-refractivity contribution is 0.0526. The van der Waals surface area contributed by atoms with E-state index in [1.165, 1.54) is 0 Å². The van der Waals surface area contributed by atoms with Gasteiger partial charge in [0, 0.05) is 10.2 Å². The van der Waals surface area contributed by atoms with Crippen LogP contribution < -0.4 is 11.1 Å². The summed E-state index contributed by atoms with van der Waals surface area (Å²) in [6.45, 7) is 2.15. The Morgan fingerprint density at radius 3 is 2.55 bits per heavy atom. The molecular weight excluding hydrogens is 320 g/mol. The summed E-state index contributed by atoms with van der Waals surface area (Å²) in [5.74, 6) is -0.317. The van der Waals surface area contributed by atoms with Gasteiger partial charge in [0.25, 0.3) is 0 Å². The van der Waals surface area contributed by atoms with Crippen molar-refractivity contribution in [3.63, 3.8) is 0 Å². The molecule has 0 bridgehead atoms. The largest absolute Gasteiger partial charge is 0.462 e. The zero-order valence-corrected chi connectivity index (χ0v) is 12.6. The molecule has 0 saturated carbocycles. The van der Waals surface area contributed by atoms with Gasteiger partial charge in [0.05, 0.1) is 23.5 Å². The zero-order chi connectivity index (χ0) is 14.5. The minimum absolute atomic E-state index is 0.317. The molecule has 0 aliphatic heterocycles. The van der Waals surface area contributed by atoms with Crippen LogP contribution in [0.4, 0.5) is 17.1 Å². The van der Waals surface area contributed by atoms with Crippen LogP contribution in [0.15, 0.2) is 46.9 Å². The van der Waals surface area contributed by atoms with Crippen LogP contribution in [0.3, 0.4) is 0 Å². The van der Waals surface area contributed by atoms with Gasteiger partial charge in [-0.25, -0.2) is 4.79 Å². The molecule has 0 fully saturated rings. The molecule has 0 unspecified atom stereocenters. The van der Waals surface area contributed by atoms with Gasteiger partial charge in [-0.3, -0.25) is 0 Å². The molecule has 104 valence electrons. The van der Waals surface area contributed by atoms with E-state index in [4.69, 9.17) is 10.5 Å². The van der Waals surface area contributed by atoms with Crippen molar-refractivity contribution in [2.45, 2.75) is 6.92 Å². The van der Waals surface area contributed by atoms with Gasteiger partial charge >= 0.3 is 5.97 Å². The number of carbonyl (C=O) groups excluding carboxylic acids is 1. The quantitative estimate of drug-likeness (QED) is 0.656. The third kappa shape index (κ3) is 3.51. The van der Waals surface area contributed by atoms with E-state index in [2.05, 4.69) is 21.2 Å². The smallest absolute Gasteiger partial charge is 0.338 e. The molecule has 0 radical (unpaired) electrons. The monoisotopic (exact) mass is 334 g/mol. The lowest BCUT2D eigenvalue weighted by Crippen LogP contribution is -2.04. The highest BCUT2D eigenvalue weighted by Gasteiger charge is 2.06. The van der Waals surface area contributed by atoms with Crippen LogP contribution in [-0.2, 0) is 4.74 Å². The van der Waals surface area contributed by atoms with Crippen LogP contribution in [-0.4, -0.2) is 12.6 Å². The molecule has 0 spiro atoms. The number of esters is 1. The molecule has 0 aliphatic rings. The van der Waals surface area contributed by atoms with E-state index < -0.39 is 0 Å². The Balaban J connectivity index is 2.12. The van der Waals surface area contributed by atoms with Gasteiger partial charge in [0.15, 0.2) is 0 Å². The van der Waals surface area contributed by atoms with E-state index in [9.17, 15) is 4.79 Å². The summed E-state index contributed by atoms with van der Waals surface area (Å²) >= 11 is 3.36. The van der Waals surface area contributed by atoms with Gasteiger partial charge < -0.3 is 15.8 Å². The predicted molar refractivity (Wildman–Crippen MR) is 84.2 cm³/mol. The van der Waals surface area contributed by atoms with Gasteiger partial charge in [-0.2, -0.15) is 0 Å². The Morgan fingerprint density at radius 2 is 1.95 bits per heavy atom. The van der Waals surface area contributed by atoms with Crippen LogP contribution in [0.5, 0.6) is 0 Å². The number of hydrogen-bond donors (Lipinski definition) is 2. The van der Waals surface area contributed by atoms with Crippen molar-refractivity contribution in [3.05, 3.63) is 52.5 Å². The molecule has 0 heterocycles. The van der Waals surface area contributed by atoms with Crippen molar-refractivity contribution in [2.75, 3.05) is 17.7 Å². The van der Waals surface area contributed by atoms with Gasteiger partial charge in [0.2, 0.25) is 0 Å². The third-order valence-electron chi connectivity index (χ3n) is 2.69. The van der Waals surface area contributed by atoms with E-state index in [1.54, 1.807) is 19.1 Å². The molecule has 0 aliphatic carbocycles. The van der Waals surface area contributed by atoms with Crippen molar-refractivity contribution < 1.29 is 9.53 Å². The van der Waals surface area contributed by atoms with E-state index in [1.807, 2.05) is 30.3 Å². The van der Waals surface area contributed by atoms with Crippen LogP contribution in [0, 0.1) is 0 Å². The lowest BCUT2D eigenvalue weighted by atomic mass is 10.2. The fourth-order valence-corrected chi connectivity index (χ4v) is 2.09. The number of ether oxygens (including phenoxy) is 1. The number of hydrogen-bond acceptors (Lipinski definition) is 4. The Morgan fingerprint density at radius 1 is 1.25 bits per heavy atom. The van der Waals surface area contributed by atoms with Crippen LogP contribution >= 0.6 is 15.9 Å². The Kier molecular flexibility index (Phi) is 4.63. The number of anilines is 3. The molecule has 3 N–H and O–H groups in total. The molecule has 0 aromatic heterocycles. The fourth-order valence-electron chi connectivity index (χ4n) is 1.71. The summed E-state index contributed by atoms with van der Waals surface area (Å²) < 4.78 is 5.86. The van der Waals surface area contributed by atoms with E-state index in [0.717, 1.165) is 15.8 Å². The number of nitrogen functional groups attached to an aromatic ring is 1. The highest BCUT2D eigenvalue weighted by atomic mass is 79.9. The van der Waals surface area contributed by atoms with E-state index in [-0.39, 0.29) is 5.97 Å². The van der Waals surface area contributed by atoms with Gasteiger partial charge in [-0.1, -0.05) is 15.9 Å². The standard InChI is InChI=1S/C15H15BrN2O2/c1-2-20-15(19)10-3-6-12(7-4-10)18-14-8-5-11(16)9-13(14)17/h3-9,18H,2,17H2,1H3. The molecule has 0 atom stereocenters. The molecule has 20 heavy (non-hydrogen) atoms. The third-order valence-corrected chi connectivity index (χ3v) is 3.18. The van der Waals surface area contributed by atoms with Crippen molar-refractivity contribution in [2.24, 2.45) is 0 Å². The van der Waals surface area contributed by atoms with E-state index in [0.29, 0.717) is 17.9 Å². The lowest BCUT2D eigenvalue weighted by Gasteiger charge is -2.10. The molecule has 2 rings (SSSR count). The van der Waals surface area contributed by atoms with Crippen LogP contribution in [0.2, 0.25) is 0 Å². The Hall–Kier alpha value is -2.01. The number of benzene rings is 2. The zero-order valence-electron chi connectivity index (χ0n) is 11.0. The SMILES string of the molecule is CCOC(=O)c1ccc(Nc2ccc(Br)cc2N)cc1. The highest BCUT2D eigenvalue weighted by Crippen LogP contribution is 2.26. The molecular formula is C15H15BrN2O2. The first-order chi connectivity index (χ1) is 9.60. The number of halogens is 1. The van der Waals surface area contributed by atoms with Crippen molar-refractivity contribution in [3.8, 4) is 0 Å². The van der Waals surface area contributed by atoms with Crippen molar-refractivity contribution in [1.29, 1.82) is 0 Å². The Bertz CT molecular complexity index is 612. The highest BCUT2D eigenvalue weighted by molar-refractivity contribution is 9.10. The molecule has 4 nitrogen and oxygen atoms in total. The van der Waals surface area contributed by atoms with Crippen LogP contribution in [0.1, 0.15) is 17.3 Å². The Labute approximate surface area is 126 Å². The molecule has 2 aromatic rings. The summed E-state index contributed by atoms with van der Waals surface area (Å²) in [4.78, 5) is 11.5. The summed E-state index contributed by atoms with van der Waals surface area (Å²) in [6, 6.07) is 12.7. The minimum atomic E-state index is -0.317. The average molecular weight is 335 g/mol.